The van der Waals surface area contributed by atoms with Crippen LogP contribution in [0.5, 0.6) is 0 Å². The second-order valence-electron chi connectivity index (χ2n) is 2.44. The van der Waals surface area contributed by atoms with Crippen molar-refractivity contribution in [3.8, 4) is 0 Å². The summed E-state index contributed by atoms with van der Waals surface area (Å²) < 4.78 is 0. The van der Waals surface area contributed by atoms with Gasteiger partial charge in [-0.05, 0) is 25.6 Å². The first-order valence-corrected chi connectivity index (χ1v) is 4.39. The summed E-state index contributed by atoms with van der Waals surface area (Å²) in [7, 11) is 0. The molecule has 1 heteroatoms. The normalized spacial score (nSPS) is 8.58. The van der Waals surface area contributed by atoms with E-state index in [0.717, 1.165) is 18.7 Å². The minimum absolute atomic E-state index is 1.07. The van der Waals surface area contributed by atoms with Gasteiger partial charge in [-0.15, -0.1) is 0 Å². The molecule has 0 aromatic heterocycles. The van der Waals surface area contributed by atoms with Gasteiger partial charge in [-0.3, -0.25) is 0 Å². The Hall–Kier alpha value is -0.820. The highest BCUT2D eigenvalue weighted by molar-refractivity contribution is 5.16. The van der Waals surface area contributed by atoms with E-state index in [1.807, 2.05) is 30.3 Å². The van der Waals surface area contributed by atoms with Crippen molar-refractivity contribution in [2.75, 3.05) is 13.1 Å². The number of hydrogen-bond donors (Lipinski definition) is 1. The molecular weight excluding hydrogens is 146 g/mol. The third kappa shape index (κ3) is 7.29. The molecule has 0 aliphatic rings. The average Bonchev–Trinajstić information content (AvgIpc) is 2.08. The molecule has 0 saturated heterocycles. The van der Waals surface area contributed by atoms with E-state index in [9.17, 15) is 0 Å². The van der Waals surface area contributed by atoms with E-state index in [4.69, 9.17) is 0 Å². The first-order valence-electron chi connectivity index (χ1n) is 4.39. The summed E-state index contributed by atoms with van der Waals surface area (Å²) in [6, 6.07) is 9.87. The van der Waals surface area contributed by atoms with Crippen LogP contribution in [-0.4, -0.2) is 13.1 Å². The number of benzene rings is 1. The van der Waals surface area contributed by atoms with Crippen molar-refractivity contribution < 1.29 is 0 Å². The van der Waals surface area contributed by atoms with Gasteiger partial charge in [0.05, 0.1) is 0 Å². The third-order valence-electron chi connectivity index (χ3n) is 1.34. The van der Waals surface area contributed by atoms with Crippen molar-refractivity contribution in [1.29, 1.82) is 0 Å². The Morgan fingerprint density at radius 3 is 1.75 bits per heavy atom. The van der Waals surface area contributed by atoms with E-state index in [-0.39, 0.29) is 0 Å². The Morgan fingerprint density at radius 1 is 1.08 bits per heavy atom. The topological polar surface area (TPSA) is 12.0 Å². The lowest BCUT2D eigenvalue weighted by Crippen LogP contribution is -2.09. The molecule has 0 amide bonds. The molecule has 12 heavy (non-hydrogen) atoms. The predicted octanol–water partition coefficient (Wildman–Crippen LogP) is 2.48. The molecule has 0 unspecified atom stereocenters. The lowest BCUT2D eigenvalue weighted by atomic mass is 10.2. The fraction of sp³-hybridized carbons (Fsp3) is 0.364. The van der Waals surface area contributed by atoms with E-state index in [0.29, 0.717) is 0 Å². The smallest absolute Gasteiger partial charge is 0.00775 e. The molecular formula is C11H18N. The fourth-order valence-corrected chi connectivity index (χ4v) is 0.728. The summed E-state index contributed by atoms with van der Waals surface area (Å²) >= 11 is 0. The molecule has 1 N–H and O–H groups in total. The van der Waals surface area contributed by atoms with Crippen molar-refractivity contribution in [3.05, 3.63) is 42.8 Å². The molecule has 1 rings (SSSR count). The summed E-state index contributed by atoms with van der Waals surface area (Å²) in [5, 5.41) is 3.11. The largest absolute Gasteiger partial charge is 0.317 e. The van der Waals surface area contributed by atoms with Gasteiger partial charge in [0.1, 0.15) is 0 Å². The molecule has 0 bridgehead atoms. The standard InChI is InChI=1S/C7H7.C4H11N/c1-7-5-3-2-4-6-7;1-3-5-4-2/h2-6H,1H2;5H,3-4H2,1-2H3. The molecule has 0 saturated carbocycles. The molecule has 0 aliphatic heterocycles. The van der Waals surface area contributed by atoms with Gasteiger partial charge in [0.2, 0.25) is 0 Å². The molecule has 67 valence electrons. The molecule has 0 aliphatic carbocycles. The molecule has 0 heterocycles. The fourth-order valence-electron chi connectivity index (χ4n) is 0.728. The van der Waals surface area contributed by atoms with E-state index in [2.05, 4.69) is 26.1 Å². The maximum Gasteiger partial charge on any atom is -0.00775 e. The zero-order valence-corrected chi connectivity index (χ0v) is 8.01. The Labute approximate surface area is 75.8 Å². The summed E-state index contributed by atoms with van der Waals surface area (Å²) in [6.07, 6.45) is 0. The summed E-state index contributed by atoms with van der Waals surface area (Å²) in [5.74, 6) is 0. The van der Waals surface area contributed by atoms with Crippen LogP contribution in [0.2, 0.25) is 0 Å². The summed E-state index contributed by atoms with van der Waals surface area (Å²) in [4.78, 5) is 0. The van der Waals surface area contributed by atoms with Crippen LogP contribution in [-0.2, 0) is 0 Å². The molecule has 0 fully saturated rings. The lowest BCUT2D eigenvalue weighted by Gasteiger charge is -1.86. The van der Waals surface area contributed by atoms with E-state index >= 15 is 0 Å². The molecule has 1 radical (unpaired) electrons. The molecule has 0 spiro atoms. The Morgan fingerprint density at radius 2 is 1.58 bits per heavy atom. The number of nitrogens with one attached hydrogen (secondary N) is 1. The van der Waals surface area contributed by atoms with Crippen LogP contribution in [0, 0.1) is 6.92 Å². The van der Waals surface area contributed by atoms with E-state index < -0.39 is 0 Å². The van der Waals surface area contributed by atoms with Crippen molar-refractivity contribution in [3.63, 3.8) is 0 Å². The molecule has 1 nitrogen and oxygen atoms in total. The minimum Gasteiger partial charge on any atom is -0.317 e. The van der Waals surface area contributed by atoms with E-state index in [1.54, 1.807) is 0 Å². The van der Waals surface area contributed by atoms with Crippen LogP contribution in [0.3, 0.4) is 0 Å². The monoisotopic (exact) mass is 164 g/mol. The van der Waals surface area contributed by atoms with Crippen LogP contribution >= 0.6 is 0 Å². The highest BCUT2D eigenvalue weighted by Gasteiger charge is 1.72. The first kappa shape index (κ1) is 11.2. The zero-order valence-electron chi connectivity index (χ0n) is 8.01. The number of rotatable bonds is 2. The summed E-state index contributed by atoms with van der Waals surface area (Å²) in [6.45, 7) is 10.1. The van der Waals surface area contributed by atoms with Gasteiger partial charge in [-0.1, -0.05) is 44.2 Å². The van der Waals surface area contributed by atoms with Crippen LogP contribution < -0.4 is 5.32 Å². The summed E-state index contributed by atoms with van der Waals surface area (Å²) in [5.41, 5.74) is 1.07. The van der Waals surface area contributed by atoms with Crippen LogP contribution in [0.15, 0.2) is 30.3 Å². The minimum atomic E-state index is 1.07. The van der Waals surface area contributed by atoms with Crippen LogP contribution in [0.4, 0.5) is 0 Å². The van der Waals surface area contributed by atoms with Gasteiger partial charge in [0.25, 0.3) is 0 Å². The van der Waals surface area contributed by atoms with Gasteiger partial charge in [0.15, 0.2) is 0 Å². The van der Waals surface area contributed by atoms with Crippen LogP contribution in [0.25, 0.3) is 0 Å². The maximum absolute atomic E-state index is 3.72. The van der Waals surface area contributed by atoms with Gasteiger partial charge in [-0.25, -0.2) is 0 Å². The van der Waals surface area contributed by atoms with Gasteiger partial charge >= 0.3 is 0 Å². The van der Waals surface area contributed by atoms with Gasteiger partial charge in [-0.2, -0.15) is 0 Å². The van der Waals surface area contributed by atoms with E-state index in [1.165, 1.54) is 0 Å². The Kier molecular flexibility index (Phi) is 7.71. The zero-order chi connectivity index (χ0) is 9.23. The second kappa shape index (κ2) is 8.28. The molecule has 1 aromatic carbocycles. The second-order valence-corrected chi connectivity index (χ2v) is 2.44. The number of hydrogen-bond acceptors (Lipinski definition) is 1. The quantitative estimate of drug-likeness (QED) is 0.708. The van der Waals surface area contributed by atoms with Gasteiger partial charge in [0, 0.05) is 0 Å². The Bertz CT molecular complexity index is 168. The molecule has 0 atom stereocenters. The highest BCUT2D eigenvalue weighted by Crippen LogP contribution is 1.92. The van der Waals surface area contributed by atoms with Crippen molar-refractivity contribution in [2.45, 2.75) is 13.8 Å². The van der Waals surface area contributed by atoms with Crippen molar-refractivity contribution in [2.24, 2.45) is 0 Å². The lowest BCUT2D eigenvalue weighted by molar-refractivity contribution is 0.762. The first-order chi connectivity index (χ1) is 5.81. The predicted molar refractivity (Wildman–Crippen MR) is 55.1 cm³/mol. The average molecular weight is 164 g/mol. The maximum atomic E-state index is 3.72. The van der Waals surface area contributed by atoms with Crippen molar-refractivity contribution in [1.82, 2.24) is 5.32 Å². The highest BCUT2D eigenvalue weighted by atomic mass is 14.8. The third-order valence-corrected chi connectivity index (χ3v) is 1.34. The van der Waals surface area contributed by atoms with Crippen LogP contribution in [0.1, 0.15) is 19.4 Å². The molecule has 1 aromatic rings. The van der Waals surface area contributed by atoms with Gasteiger partial charge < -0.3 is 5.32 Å². The SMILES string of the molecule is CCNCC.[CH2]c1ccccc1. The Balaban J connectivity index is 0.000000217. The van der Waals surface area contributed by atoms with Crippen molar-refractivity contribution >= 4 is 0 Å².